The highest BCUT2D eigenvalue weighted by molar-refractivity contribution is 5.95. The number of benzene rings is 1. The molecule has 0 aliphatic heterocycles. The van der Waals surface area contributed by atoms with Gasteiger partial charge in [-0.15, -0.1) is 0 Å². The van der Waals surface area contributed by atoms with Crippen LogP contribution in [-0.4, -0.2) is 49.4 Å². The lowest BCUT2D eigenvalue weighted by atomic mass is 9.92. The summed E-state index contributed by atoms with van der Waals surface area (Å²) in [5.41, 5.74) is 0.428. The second-order valence-corrected chi connectivity index (χ2v) is 6.66. The van der Waals surface area contributed by atoms with E-state index in [1.807, 2.05) is 0 Å². The van der Waals surface area contributed by atoms with Crippen LogP contribution in [0.2, 0.25) is 0 Å². The number of nitrogens with zero attached hydrogens (tertiary/aromatic N) is 2. The van der Waals surface area contributed by atoms with Crippen molar-refractivity contribution in [3.8, 4) is 23.3 Å². The second-order valence-electron chi connectivity index (χ2n) is 6.66. The van der Waals surface area contributed by atoms with Gasteiger partial charge in [-0.1, -0.05) is 0 Å². The number of ether oxygens (including phenoxy) is 4. The number of aromatic nitrogens is 2. The third kappa shape index (κ3) is 5.04. The Balaban J connectivity index is 1.57. The van der Waals surface area contributed by atoms with Gasteiger partial charge in [0.2, 0.25) is 5.75 Å². The summed E-state index contributed by atoms with van der Waals surface area (Å²) >= 11 is 0. The molecule has 1 aromatic heterocycles. The Bertz CT molecular complexity index is 814. The SMILES string of the molecule is COc1cc(C(=O)NC2CCC(Oc3ncc(F)cn3)CC2)cc(OC)c1OC. The molecule has 1 aliphatic rings. The van der Waals surface area contributed by atoms with Crippen LogP contribution >= 0.6 is 0 Å². The van der Waals surface area contributed by atoms with Crippen LogP contribution in [0.4, 0.5) is 4.39 Å². The summed E-state index contributed by atoms with van der Waals surface area (Å²) in [7, 11) is 4.52. The predicted octanol–water partition coefficient (Wildman–Crippen LogP) is 2.76. The first kappa shape index (κ1) is 20.6. The molecule has 0 atom stereocenters. The van der Waals surface area contributed by atoms with Crippen molar-refractivity contribution in [3.05, 3.63) is 35.9 Å². The second kappa shape index (κ2) is 9.40. The van der Waals surface area contributed by atoms with E-state index in [0.717, 1.165) is 38.1 Å². The number of nitrogens with one attached hydrogen (secondary N) is 1. The highest BCUT2D eigenvalue weighted by Gasteiger charge is 2.25. The number of carbonyl (C=O) groups is 1. The molecule has 1 saturated carbocycles. The Labute approximate surface area is 168 Å². The third-order valence-corrected chi connectivity index (χ3v) is 4.81. The van der Waals surface area contributed by atoms with Crippen LogP contribution < -0.4 is 24.3 Å². The highest BCUT2D eigenvalue weighted by atomic mass is 19.1. The Morgan fingerprint density at radius 2 is 1.59 bits per heavy atom. The van der Waals surface area contributed by atoms with E-state index < -0.39 is 5.82 Å². The zero-order valence-corrected chi connectivity index (χ0v) is 16.6. The van der Waals surface area contributed by atoms with Crippen LogP contribution in [-0.2, 0) is 0 Å². The lowest BCUT2D eigenvalue weighted by Crippen LogP contribution is -2.39. The van der Waals surface area contributed by atoms with E-state index in [1.165, 1.54) is 21.3 Å². The summed E-state index contributed by atoms with van der Waals surface area (Å²) in [6.07, 6.45) is 5.07. The van der Waals surface area contributed by atoms with Gasteiger partial charge in [0, 0.05) is 11.6 Å². The molecule has 0 unspecified atom stereocenters. The molecule has 2 aromatic rings. The molecule has 0 spiro atoms. The molecule has 156 valence electrons. The fourth-order valence-electron chi connectivity index (χ4n) is 3.32. The van der Waals surface area contributed by atoms with Gasteiger partial charge in [-0.25, -0.2) is 14.4 Å². The van der Waals surface area contributed by atoms with Crippen molar-refractivity contribution < 1.29 is 28.1 Å². The maximum absolute atomic E-state index is 12.9. The molecule has 0 saturated heterocycles. The largest absolute Gasteiger partial charge is 0.493 e. The van der Waals surface area contributed by atoms with Crippen molar-refractivity contribution in [2.24, 2.45) is 0 Å². The van der Waals surface area contributed by atoms with E-state index in [1.54, 1.807) is 12.1 Å². The smallest absolute Gasteiger partial charge is 0.316 e. The zero-order valence-electron chi connectivity index (χ0n) is 16.6. The number of hydrogen-bond donors (Lipinski definition) is 1. The van der Waals surface area contributed by atoms with E-state index >= 15 is 0 Å². The first-order valence-corrected chi connectivity index (χ1v) is 9.29. The van der Waals surface area contributed by atoms with Gasteiger partial charge in [0.05, 0.1) is 33.7 Å². The van der Waals surface area contributed by atoms with Gasteiger partial charge in [-0.3, -0.25) is 4.79 Å². The van der Waals surface area contributed by atoms with Crippen LogP contribution in [0, 0.1) is 5.82 Å². The maximum atomic E-state index is 12.9. The van der Waals surface area contributed by atoms with Gasteiger partial charge in [0.1, 0.15) is 6.10 Å². The molecule has 1 heterocycles. The van der Waals surface area contributed by atoms with E-state index in [2.05, 4.69) is 15.3 Å². The molecular formula is C20H24FN3O5. The van der Waals surface area contributed by atoms with Gasteiger partial charge < -0.3 is 24.3 Å². The number of rotatable bonds is 7. The Morgan fingerprint density at radius 3 is 2.10 bits per heavy atom. The summed E-state index contributed by atoms with van der Waals surface area (Å²) in [6, 6.07) is 3.43. The number of carbonyl (C=O) groups excluding carboxylic acids is 1. The molecule has 8 nitrogen and oxygen atoms in total. The molecule has 1 N–H and O–H groups in total. The first-order chi connectivity index (χ1) is 14.0. The summed E-state index contributed by atoms with van der Waals surface area (Å²) in [4.78, 5) is 20.3. The third-order valence-electron chi connectivity index (χ3n) is 4.81. The van der Waals surface area contributed by atoms with Gasteiger partial charge in [-0.2, -0.15) is 0 Å². The minimum atomic E-state index is -0.504. The van der Waals surface area contributed by atoms with Crippen LogP contribution in [0.25, 0.3) is 0 Å². The zero-order chi connectivity index (χ0) is 20.8. The molecule has 9 heteroatoms. The van der Waals surface area contributed by atoms with Crippen molar-refractivity contribution in [2.45, 2.75) is 37.8 Å². The van der Waals surface area contributed by atoms with Gasteiger partial charge >= 0.3 is 6.01 Å². The molecule has 1 aromatic carbocycles. The lowest BCUT2D eigenvalue weighted by molar-refractivity contribution is 0.0884. The summed E-state index contributed by atoms with van der Waals surface area (Å²) in [6.45, 7) is 0. The highest BCUT2D eigenvalue weighted by Crippen LogP contribution is 2.38. The monoisotopic (exact) mass is 405 g/mol. The van der Waals surface area contributed by atoms with Crippen LogP contribution in [0.15, 0.2) is 24.5 Å². The summed E-state index contributed by atoms with van der Waals surface area (Å²) < 4.78 is 34.4. The van der Waals surface area contributed by atoms with Crippen molar-refractivity contribution in [3.63, 3.8) is 0 Å². The van der Waals surface area contributed by atoms with Crippen LogP contribution in [0.3, 0.4) is 0 Å². The fourth-order valence-corrected chi connectivity index (χ4v) is 3.32. The number of amides is 1. The Hall–Kier alpha value is -3.10. The molecule has 1 fully saturated rings. The Kier molecular flexibility index (Phi) is 6.69. The number of halogens is 1. The van der Waals surface area contributed by atoms with Crippen molar-refractivity contribution in [1.82, 2.24) is 15.3 Å². The van der Waals surface area contributed by atoms with Crippen molar-refractivity contribution >= 4 is 5.91 Å². The normalized spacial score (nSPS) is 18.6. The van der Waals surface area contributed by atoms with Crippen molar-refractivity contribution in [1.29, 1.82) is 0 Å². The Morgan fingerprint density at radius 1 is 1.00 bits per heavy atom. The minimum absolute atomic E-state index is 0.0237. The molecule has 0 bridgehead atoms. The molecule has 1 amide bonds. The quantitative estimate of drug-likeness (QED) is 0.757. The van der Waals surface area contributed by atoms with E-state index in [4.69, 9.17) is 18.9 Å². The number of methoxy groups -OCH3 is 3. The fraction of sp³-hybridized carbons (Fsp3) is 0.450. The van der Waals surface area contributed by atoms with Crippen LogP contribution in [0.5, 0.6) is 23.3 Å². The molecule has 1 aliphatic carbocycles. The average molecular weight is 405 g/mol. The average Bonchev–Trinajstić information content (AvgIpc) is 2.75. The molecule has 0 radical (unpaired) electrons. The van der Waals surface area contributed by atoms with E-state index in [9.17, 15) is 9.18 Å². The van der Waals surface area contributed by atoms with Gasteiger partial charge in [0.25, 0.3) is 5.91 Å². The van der Waals surface area contributed by atoms with Crippen LogP contribution in [0.1, 0.15) is 36.0 Å². The van der Waals surface area contributed by atoms with Gasteiger partial charge in [-0.05, 0) is 37.8 Å². The molecular weight excluding hydrogens is 381 g/mol. The van der Waals surface area contributed by atoms with Gasteiger partial charge in [0.15, 0.2) is 17.3 Å². The van der Waals surface area contributed by atoms with E-state index in [-0.39, 0.29) is 24.1 Å². The molecule has 3 rings (SSSR count). The molecule has 29 heavy (non-hydrogen) atoms. The summed E-state index contributed by atoms with van der Waals surface area (Å²) in [5.74, 6) is 0.570. The predicted molar refractivity (Wildman–Crippen MR) is 102 cm³/mol. The summed E-state index contributed by atoms with van der Waals surface area (Å²) in [5, 5.41) is 3.04. The number of hydrogen-bond acceptors (Lipinski definition) is 7. The van der Waals surface area contributed by atoms with Crippen molar-refractivity contribution in [2.75, 3.05) is 21.3 Å². The standard InChI is InChI=1S/C20H24FN3O5/c1-26-16-8-12(9-17(27-2)18(16)28-3)19(25)24-14-4-6-15(7-5-14)29-20-22-10-13(21)11-23-20/h8-11,14-15H,4-7H2,1-3H3,(H,24,25). The first-order valence-electron chi connectivity index (χ1n) is 9.29. The topological polar surface area (TPSA) is 91.8 Å². The maximum Gasteiger partial charge on any atom is 0.316 e. The lowest BCUT2D eigenvalue weighted by Gasteiger charge is -2.29. The van der Waals surface area contributed by atoms with E-state index in [0.29, 0.717) is 22.8 Å². The minimum Gasteiger partial charge on any atom is -0.493 e.